The largest absolute Gasteiger partial charge is 0.453 e. The fraction of sp³-hybridized carbons (Fsp3) is 0.727. The van der Waals surface area contributed by atoms with Crippen molar-refractivity contribution in [3.8, 4) is 0 Å². The lowest BCUT2D eigenvalue weighted by Crippen LogP contribution is -2.33. The number of ketones is 1. The number of Topliss-reactive ketones (excluding diaryl/α,β-unsaturated/α-hetero) is 1. The van der Waals surface area contributed by atoms with Crippen molar-refractivity contribution in [1.29, 1.82) is 0 Å². The number of carbonyl (C=O) groups excluding carboxylic acids is 3. The van der Waals surface area contributed by atoms with Gasteiger partial charge >= 0.3 is 5.97 Å². The lowest BCUT2D eigenvalue weighted by Gasteiger charge is -2.16. The van der Waals surface area contributed by atoms with E-state index < -0.39 is 17.5 Å². The predicted molar refractivity (Wildman–Crippen MR) is 53.1 cm³/mol. The quantitative estimate of drug-likeness (QED) is 0.398. The number of cyclic esters (lactones) is 1. The predicted octanol–water partition coefficient (Wildman–Crippen LogP) is 1.12. The van der Waals surface area contributed by atoms with Gasteiger partial charge in [-0.25, -0.2) is 0 Å². The highest BCUT2D eigenvalue weighted by molar-refractivity contribution is 6.10. The van der Waals surface area contributed by atoms with Gasteiger partial charge in [0.05, 0.1) is 0 Å². The zero-order valence-corrected chi connectivity index (χ0v) is 9.28. The minimum Gasteiger partial charge on any atom is -0.453 e. The summed E-state index contributed by atoms with van der Waals surface area (Å²) in [6, 6.07) is 0. The minimum atomic E-state index is -1.12. The van der Waals surface area contributed by atoms with Crippen LogP contribution in [0.15, 0.2) is 0 Å². The van der Waals surface area contributed by atoms with E-state index in [9.17, 15) is 14.4 Å². The molecular formula is C11H16O4. The molecule has 4 nitrogen and oxygen atoms in total. The molecule has 0 aromatic rings. The second-order valence-corrected chi connectivity index (χ2v) is 4.47. The molecule has 0 amide bonds. The Morgan fingerprint density at radius 1 is 1.47 bits per heavy atom. The average Bonchev–Trinajstić information content (AvgIpc) is 2.40. The SMILES string of the molecule is CC(C)[C@@H]1OC(=O)[C@@](C)(CCC=O)C1=O. The molecule has 1 fully saturated rings. The molecule has 4 heteroatoms. The Balaban J connectivity index is 2.86. The van der Waals surface area contributed by atoms with Crippen LogP contribution < -0.4 is 0 Å². The van der Waals surface area contributed by atoms with Crippen LogP contribution in [0, 0.1) is 11.3 Å². The highest BCUT2D eigenvalue weighted by atomic mass is 16.6. The molecule has 0 aliphatic carbocycles. The standard InChI is InChI=1S/C11H16O4/c1-7(2)8-9(13)11(3,5-4-6-12)10(14)15-8/h6-8H,4-5H2,1-3H3/t8-,11-/m0/s1. The molecule has 0 aromatic carbocycles. The number of carbonyl (C=O) groups is 3. The third-order valence-corrected chi connectivity index (χ3v) is 2.85. The molecule has 15 heavy (non-hydrogen) atoms. The molecule has 1 heterocycles. The molecular weight excluding hydrogens is 196 g/mol. The molecule has 1 aliphatic heterocycles. The molecule has 0 N–H and O–H groups in total. The number of hydrogen-bond donors (Lipinski definition) is 0. The van der Waals surface area contributed by atoms with Crippen LogP contribution in [-0.4, -0.2) is 24.1 Å². The molecule has 1 rings (SSSR count). The number of esters is 1. The number of hydrogen-bond acceptors (Lipinski definition) is 4. The van der Waals surface area contributed by atoms with Crippen LogP contribution in [0.4, 0.5) is 0 Å². The van der Waals surface area contributed by atoms with Crippen LogP contribution in [0.25, 0.3) is 0 Å². The van der Waals surface area contributed by atoms with Gasteiger partial charge in [-0.05, 0) is 19.3 Å². The maximum absolute atomic E-state index is 11.9. The summed E-state index contributed by atoms with van der Waals surface area (Å²) in [4.78, 5) is 33.8. The first-order chi connectivity index (χ1) is 6.93. The van der Waals surface area contributed by atoms with E-state index in [1.165, 1.54) is 0 Å². The molecule has 1 aliphatic rings. The maximum atomic E-state index is 11.9. The van der Waals surface area contributed by atoms with E-state index in [1.54, 1.807) is 6.92 Å². The molecule has 0 radical (unpaired) electrons. The first-order valence-electron chi connectivity index (χ1n) is 5.12. The number of ether oxygens (including phenoxy) is 1. The topological polar surface area (TPSA) is 60.4 Å². The molecule has 1 saturated heterocycles. The van der Waals surface area contributed by atoms with Crippen molar-refractivity contribution in [3.05, 3.63) is 0 Å². The van der Waals surface area contributed by atoms with Crippen LogP contribution in [0.2, 0.25) is 0 Å². The van der Waals surface area contributed by atoms with E-state index in [1.807, 2.05) is 13.8 Å². The third kappa shape index (κ3) is 1.94. The molecule has 0 saturated carbocycles. The van der Waals surface area contributed by atoms with Gasteiger partial charge in [-0.2, -0.15) is 0 Å². The average molecular weight is 212 g/mol. The van der Waals surface area contributed by atoms with Gasteiger partial charge in [0, 0.05) is 6.42 Å². The van der Waals surface area contributed by atoms with Gasteiger partial charge in [0.1, 0.15) is 11.7 Å². The normalized spacial score (nSPS) is 30.8. The monoisotopic (exact) mass is 212 g/mol. The van der Waals surface area contributed by atoms with Crippen molar-refractivity contribution in [2.45, 2.75) is 39.7 Å². The van der Waals surface area contributed by atoms with E-state index in [0.29, 0.717) is 6.29 Å². The highest BCUT2D eigenvalue weighted by Gasteiger charge is 2.53. The third-order valence-electron chi connectivity index (χ3n) is 2.85. The fourth-order valence-corrected chi connectivity index (χ4v) is 1.73. The molecule has 0 unspecified atom stereocenters. The van der Waals surface area contributed by atoms with E-state index >= 15 is 0 Å². The summed E-state index contributed by atoms with van der Waals surface area (Å²) >= 11 is 0. The number of rotatable bonds is 4. The summed E-state index contributed by atoms with van der Waals surface area (Å²) in [5.74, 6) is -0.697. The second kappa shape index (κ2) is 4.13. The van der Waals surface area contributed by atoms with Gasteiger partial charge in [0.2, 0.25) is 0 Å². The van der Waals surface area contributed by atoms with Crippen molar-refractivity contribution in [2.75, 3.05) is 0 Å². The maximum Gasteiger partial charge on any atom is 0.320 e. The Kier molecular flexibility index (Phi) is 3.27. The Bertz CT molecular complexity index is 295. The van der Waals surface area contributed by atoms with Crippen molar-refractivity contribution in [3.63, 3.8) is 0 Å². The molecule has 0 aromatic heterocycles. The zero-order chi connectivity index (χ0) is 11.6. The van der Waals surface area contributed by atoms with Gasteiger partial charge in [-0.15, -0.1) is 0 Å². The smallest absolute Gasteiger partial charge is 0.320 e. The van der Waals surface area contributed by atoms with Crippen molar-refractivity contribution >= 4 is 18.0 Å². The first kappa shape index (κ1) is 11.9. The van der Waals surface area contributed by atoms with E-state index in [2.05, 4.69) is 0 Å². The number of aldehydes is 1. The van der Waals surface area contributed by atoms with Crippen LogP contribution in [0.1, 0.15) is 33.6 Å². The summed E-state index contributed by atoms with van der Waals surface area (Å²) < 4.78 is 5.04. The Hall–Kier alpha value is -1.19. The molecule has 84 valence electrons. The minimum absolute atomic E-state index is 0.0143. The lowest BCUT2D eigenvalue weighted by atomic mass is 9.80. The summed E-state index contributed by atoms with van der Waals surface area (Å²) in [5.41, 5.74) is -1.12. The second-order valence-electron chi connectivity index (χ2n) is 4.47. The molecule has 2 atom stereocenters. The highest BCUT2D eigenvalue weighted by Crippen LogP contribution is 2.36. The van der Waals surface area contributed by atoms with Crippen LogP contribution in [0.5, 0.6) is 0 Å². The summed E-state index contributed by atoms with van der Waals surface area (Å²) in [5, 5.41) is 0. The van der Waals surface area contributed by atoms with Crippen molar-refractivity contribution < 1.29 is 19.1 Å². The zero-order valence-electron chi connectivity index (χ0n) is 9.28. The lowest BCUT2D eigenvalue weighted by molar-refractivity contribution is -0.149. The van der Waals surface area contributed by atoms with Crippen molar-refractivity contribution in [2.24, 2.45) is 11.3 Å². The van der Waals surface area contributed by atoms with Gasteiger partial charge in [-0.1, -0.05) is 13.8 Å². The Labute approximate surface area is 89.0 Å². The van der Waals surface area contributed by atoms with Gasteiger partial charge < -0.3 is 9.53 Å². The van der Waals surface area contributed by atoms with Gasteiger partial charge in [0.25, 0.3) is 0 Å². The van der Waals surface area contributed by atoms with Gasteiger partial charge in [0.15, 0.2) is 11.9 Å². The summed E-state index contributed by atoms with van der Waals surface area (Å²) in [6.45, 7) is 5.23. The molecule has 0 spiro atoms. The van der Waals surface area contributed by atoms with Crippen LogP contribution in [-0.2, 0) is 19.1 Å². The fourth-order valence-electron chi connectivity index (χ4n) is 1.73. The van der Waals surface area contributed by atoms with Crippen LogP contribution >= 0.6 is 0 Å². The van der Waals surface area contributed by atoms with Crippen LogP contribution in [0.3, 0.4) is 0 Å². The first-order valence-corrected chi connectivity index (χ1v) is 5.12. The Morgan fingerprint density at radius 3 is 2.47 bits per heavy atom. The van der Waals surface area contributed by atoms with E-state index in [0.717, 1.165) is 0 Å². The Morgan fingerprint density at radius 2 is 2.07 bits per heavy atom. The van der Waals surface area contributed by atoms with Gasteiger partial charge in [-0.3, -0.25) is 9.59 Å². The van der Waals surface area contributed by atoms with Crippen molar-refractivity contribution in [1.82, 2.24) is 0 Å². The van der Waals surface area contributed by atoms with E-state index in [4.69, 9.17) is 4.74 Å². The summed E-state index contributed by atoms with van der Waals surface area (Å²) in [6.07, 6.45) is 0.530. The molecule has 0 bridgehead atoms. The summed E-state index contributed by atoms with van der Waals surface area (Å²) in [7, 11) is 0. The van der Waals surface area contributed by atoms with E-state index in [-0.39, 0.29) is 24.5 Å².